The molecule has 2 N–H and O–H groups in total. The normalized spacial score (nSPS) is 11.8. The molecule has 1 aromatic heterocycles. The zero-order valence-electron chi connectivity index (χ0n) is 8.25. The van der Waals surface area contributed by atoms with E-state index in [0.717, 1.165) is 12.3 Å². The van der Waals surface area contributed by atoms with E-state index in [4.69, 9.17) is 5.73 Å². The van der Waals surface area contributed by atoms with Crippen LogP contribution in [0.5, 0.6) is 0 Å². The lowest BCUT2D eigenvalue weighted by molar-refractivity contribution is -0.139. The summed E-state index contributed by atoms with van der Waals surface area (Å²) in [5.41, 5.74) is 3.43. The third-order valence-corrected chi connectivity index (χ3v) is 2.10. The Morgan fingerprint density at radius 3 is 2.47 bits per heavy atom. The maximum absolute atomic E-state index is 13.6. The second-order valence-electron chi connectivity index (χ2n) is 3.24. The summed E-state index contributed by atoms with van der Waals surface area (Å²) >= 11 is 0. The Bertz CT molecular complexity index is 547. The minimum Gasteiger partial charge on any atom is -0.432 e. The summed E-state index contributed by atoms with van der Waals surface area (Å²) in [5, 5.41) is 0. The molecule has 0 atom stereocenters. The van der Waals surface area contributed by atoms with Gasteiger partial charge in [0.2, 0.25) is 0 Å². The molecule has 0 spiro atoms. The van der Waals surface area contributed by atoms with Crippen molar-refractivity contribution in [1.29, 1.82) is 0 Å². The first-order chi connectivity index (χ1) is 7.89. The third kappa shape index (κ3) is 2.08. The van der Waals surface area contributed by atoms with E-state index in [-0.39, 0.29) is 17.3 Å². The minimum absolute atomic E-state index is 0.0777. The Morgan fingerprint density at radius 2 is 1.94 bits per heavy atom. The molecule has 7 heteroatoms. The molecule has 1 heterocycles. The van der Waals surface area contributed by atoms with Crippen LogP contribution < -0.4 is 5.73 Å². The molecule has 0 radical (unpaired) electrons. The fourth-order valence-electron chi connectivity index (χ4n) is 1.36. The SMILES string of the molecule is Nc1nc(-c2cccc(C(F)(F)F)c2F)co1. The van der Waals surface area contributed by atoms with Crippen LogP contribution in [0.25, 0.3) is 11.3 Å². The molecule has 0 aliphatic rings. The van der Waals surface area contributed by atoms with E-state index in [1.54, 1.807) is 0 Å². The molecule has 2 aromatic rings. The molecule has 0 unspecified atom stereocenters. The van der Waals surface area contributed by atoms with Gasteiger partial charge in [-0.05, 0) is 12.1 Å². The number of rotatable bonds is 1. The highest BCUT2D eigenvalue weighted by molar-refractivity contribution is 5.61. The van der Waals surface area contributed by atoms with Crippen molar-refractivity contribution >= 4 is 6.01 Å². The molecule has 0 saturated heterocycles. The van der Waals surface area contributed by atoms with Crippen LogP contribution in [0, 0.1) is 5.82 Å². The van der Waals surface area contributed by atoms with Gasteiger partial charge in [-0.1, -0.05) is 6.07 Å². The molecule has 0 amide bonds. The average molecular weight is 246 g/mol. The van der Waals surface area contributed by atoms with E-state index in [1.807, 2.05) is 0 Å². The summed E-state index contributed by atoms with van der Waals surface area (Å²) in [6.45, 7) is 0. The maximum atomic E-state index is 13.6. The molecule has 2 rings (SSSR count). The summed E-state index contributed by atoms with van der Waals surface area (Å²) < 4.78 is 55.6. The summed E-state index contributed by atoms with van der Waals surface area (Å²) in [5.74, 6) is -1.40. The van der Waals surface area contributed by atoms with Crippen LogP contribution in [0.15, 0.2) is 28.9 Å². The van der Waals surface area contributed by atoms with Crippen molar-refractivity contribution in [2.75, 3.05) is 5.73 Å². The smallest absolute Gasteiger partial charge is 0.419 e. The largest absolute Gasteiger partial charge is 0.432 e. The highest BCUT2D eigenvalue weighted by atomic mass is 19.4. The highest BCUT2D eigenvalue weighted by Gasteiger charge is 2.35. The Labute approximate surface area is 92.9 Å². The van der Waals surface area contributed by atoms with Gasteiger partial charge in [0.15, 0.2) is 0 Å². The van der Waals surface area contributed by atoms with Crippen LogP contribution in [0.3, 0.4) is 0 Å². The molecule has 0 fully saturated rings. The van der Waals surface area contributed by atoms with Crippen LogP contribution in [-0.4, -0.2) is 4.98 Å². The van der Waals surface area contributed by atoms with Crippen LogP contribution in [0.1, 0.15) is 5.56 Å². The van der Waals surface area contributed by atoms with Gasteiger partial charge < -0.3 is 10.2 Å². The van der Waals surface area contributed by atoms with Crippen molar-refractivity contribution in [2.45, 2.75) is 6.18 Å². The van der Waals surface area contributed by atoms with E-state index >= 15 is 0 Å². The van der Waals surface area contributed by atoms with Gasteiger partial charge in [-0.3, -0.25) is 0 Å². The molecular formula is C10H6F4N2O. The third-order valence-electron chi connectivity index (χ3n) is 2.10. The summed E-state index contributed by atoms with van der Waals surface area (Å²) in [4.78, 5) is 3.57. The molecule has 90 valence electrons. The van der Waals surface area contributed by atoms with Crippen molar-refractivity contribution in [2.24, 2.45) is 0 Å². The first-order valence-electron chi connectivity index (χ1n) is 4.46. The Morgan fingerprint density at radius 1 is 1.24 bits per heavy atom. The zero-order chi connectivity index (χ0) is 12.6. The molecule has 0 bridgehead atoms. The predicted octanol–water partition coefficient (Wildman–Crippen LogP) is 3.08. The molecule has 3 nitrogen and oxygen atoms in total. The van der Waals surface area contributed by atoms with Crippen molar-refractivity contribution in [3.63, 3.8) is 0 Å². The van der Waals surface area contributed by atoms with Gasteiger partial charge in [-0.25, -0.2) is 4.39 Å². The topological polar surface area (TPSA) is 52.0 Å². The zero-order valence-corrected chi connectivity index (χ0v) is 8.25. The monoisotopic (exact) mass is 246 g/mol. The minimum atomic E-state index is -4.75. The number of nitrogens with two attached hydrogens (primary N) is 1. The van der Waals surface area contributed by atoms with E-state index in [2.05, 4.69) is 9.40 Å². The Balaban J connectivity index is 2.57. The number of alkyl halides is 3. The van der Waals surface area contributed by atoms with Gasteiger partial charge in [0.05, 0.1) is 5.56 Å². The number of nitrogen functional groups attached to an aromatic ring is 1. The molecule has 0 aliphatic heterocycles. The van der Waals surface area contributed by atoms with Crippen LogP contribution in [-0.2, 0) is 6.18 Å². The van der Waals surface area contributed by atoms with Crippen molar-refractivity contribution in [3.8, 4) is 11.3 Å². The fraction of sp³-hybridized carbons (Fsp3) is 0.100. The van der Waals surface area contributed by atoms with Crippen LogP contribution in [0.2, 0.25) is 0 Å². The van der Waals surface area contributed by atoms with Crippen LogP contribution >= 0.6 is 0 Å². The Kier molecular flexibility index (Phi) is 2.53. The van der Waals surface area contributed by atoms with E-state index < -0.39 is 17.6 Å². The van der Waals surface area contributed by atoms with E-state index in [9.17, 15) is 17.6 Å². The van der Waals surface area contributed by atoms with Gasteiger partial charge in [-0.2, -0.15) is 18.2 Å². The quantitative estimate of drug-likeness (QED) is 0.786. The second-order valence-corrected chi connectivity index (χ2v) is 3.24. The predicted molar refractivity (Wildman–Crippen MR) is 51.3 cm³/mol. The van der Waals surface area contributed by atoms with Crippen molar-refractivity contribution in [3.05, 3.63) is 35.8 Å². The average Bonchev–Trinajstić information content (AvgIpc) is 2.63. The first kappa shape index (κ1) is 11.4. The number of nitrogens with zero attached hydrogens (tertiary/aromatic N) is 1. The van der Waals surface area contributed by atoms with Gasteiger partial charge in [0.1, 0.15) is 17.8 Å². The molecule has 17 heavy (non-hydrogen) atoms. The molecule has 1 aromatic carbocycles. The van der Waals surface area contributed by atoms with Gasteiger partial charge >= 0.3 is 6.18 Å². The number of hydrogen-bond acceptors (Lipinski definition) is 3. The first-order valence-corrected chi connectivity index (χ1v) is 4.46. The summed E-state index contributed by atoms with van der Waals surface area (Å²) in [6.07, 6.45) is -3.76. The number of aromatic nitrogens is 1. The molecule has 0 aliphatic carbocycles. The summed E-state index contributed by atoms with van der Waals surface area (Å²) in [6, 6.07) is 2.67. The van der Waals surface area contributed by atoms with Crippen LogP contribution in [0.4, 0.5) is 23.6 Å². The molecule has 0 saturated carbocycles. The second kappa shape index (κ2) is 3.76. The Hall–Kier alpha value is -2.05. The van der Waals surface area contributed by atoms with Crippen molar-refractivity contribution in [1.82, 2.24) is 4.98 Å². The lowest BCUT2D eigenvalue weighted by Gasteiger charge is -2.09. The lowest BCUT2D eigenvalue weighted by atomic mass is 10.1. The number of halogens is 4. The number of benzene rings is 1. The fourth-order valence-corrected chi connectivity index (χ4v) is 1.36. The molecular weight excluding hydrogens is 240 g/mol. The van der Waals surface area contributed by atoms with Crippen molar-refractivity contribution < 1.29 is 22.0 Å². The number of anilines is 1. The number of hydrogen-bond donors (Lipinski definition) is 1. The van der Waals surface area contributed by atoms with Gasteiger partial charge in [0.25, 0.3) is 6.01 Å². The van der Waals surface area contributed by atoms with E-state index in [1.165, 1.54) is 6.07 Å². The highest BCUT2D eigenvalue weighted by Crippen LogP contribution is 2.35. The summed E-state index contributed by atoms with van der Waals surface area (Å²) in [7, 11) is 0. The number of oxazole rings is 1. The van der Waals surface area contributed by atoms with E-state index in [0.29, 0.717) is 6.07 Å². The van der Waals surface area contributed by atoms with Gasteiger partial charge in [0, 0.05) is 5.56 Å². The van der Waals surface area contributed by atoms with Gasteiger partial charge in [-0.15, -0.1) is 0 Å². The maximum Gasteiger partial charge on any atom is 0.419 e. The standard InChI is InChI=1S/C10H6F4N2O/c11-8-5(7-4-17-9(15)16-7)2-1-3-6(8)10(12,13)14/h1-4H,(H2,15,16). The lowest BCUT2D eigenvalue weighted by Crippen LogP contribution is -2.08.